The SMILES string of the molecule is O=C(Cc1ccc(Oc2ccnc3c2SCCN3)c(F)c1)C1=CCC=C(c2ccc(F)cc2)C1=O. The Morgan fingerprint density at radius 3 is 2.69 bits per heavy atom. The normalized spacial score (nSPS) is 15.0. The van der Waals surface area contributed by atoms with E-state index in [2.05, 4.69) is 10.3 Å². The van der Waals surface area contributed by atoms with E-state index in [1.165, 1.54) is 36.4 Å². The fourth-order valence-electron chi connectivity index (χ4n) is 3.98. The number of nitrogens with zero attached hydrogens (tertiary/aromatic N) is 1. The number of rotatable bonds is 6. The molecule has 0 fully saturated rings. The molecule has 0 amide bonds. The van der Waals surface area contributed by atoms with Gasteiger partial charge in [0.05, 0.1) is 10.5 Å². The molecule has 0 bridgehead atoms. The molecule has 8 heteroatoms. The van der Waals surface area contributed by atoms with E-state index < -0.39 is 23.2 Å². The molecule has 2 heterocycles. The van der Waals surface area contributed by atoms with E-state index in [-0.39, 0.29) is 17.7 Å². The standard InChI is InChI=1S/C27H20F2N2O3S/c28-18-7-5-17(6-8-18)19-2-1-3-20(25(19)33)22(32)15-16-4-9-23(21(29)14-16)34-24-10-11-30-27-26(24)35-13-12-31-27/h2-11,14H,1,12-13,15H2,(H,30,31). The average molecular weight is 491 g/mol. The number of nitrogens with one attached hydrogen (secondary N) is 1. The second-order valence-corrected chi connectivity index (χ2v) is 9.14. The number of Topliss-reactive ketones (excluding diaryl/α,β-unsaturated/α-hetero) is 2. The van der Waals surface area contributed by atoms with E-state index in [1.54, 1.807) is 42.2 Å². The van der Waals surface area contributed by atoms with Gasteiger partial charge in [-0.25, -0.2) is 13.8 Å². The lowest BCUT2D eigenvalue weighted by Crippen LogP contribution is -2.18. The minimum Gasteiger partial charge on any atom is -0.453 e. The summed E-state index contributed by atoms with van der Waals surface area (Å²) in [5.41, 5.74) is 1.40. The summed E-state index contributed by atoms with van der Waals surface area (Å²) < 4.78 is 33.9. The van der Waals surface area contributed by atoms with Crippen molar-refractivity contribution in [3.05, 3.63) is 95.2 Å². The minimum atomic E-state index is -0.606. The Balaban J connectivity index is 1.29. The van der Waals surface area contributed by atoms with Gasteiger partial charge in [-0.2, -0.15) is 0 Å². The molecule has 0 spiro atoms. The lowest BCUT2D eigenvalue weighted by Gasteiger charge is -2.19. The van der Waals surface area contributed by atoms with Crippen molar-refractivity contribution in [2.45, 2.75) is 17.7 Å². The maximum Gasteiger partial charge on any atom is 0.196 e. The number of carbonyl (C=O) groups excluding carboxylic acids is 2. The summed E-state index contributed by atoms with van der Waals surface area (Å²) in [7, 11) is 0. The zero-order valence-electron chi connectivity index (χ0n) is 18.5. The average Bonchev–Trinajstić information content (AvgIpc) is 2.86. The molecule has 5 rings (SSSR count). The highest BCUT2D eigenvalue weighted by molar-refractivity contribution is 7.99. The summed E-state index contributed by atoms with van der Waals surface area (Å²) in [4.78, 5) is 30.9. The number of hydrogen-bond acceptors (Lipinski definition) is 6. The third kappa shape index (κ3) is 4.88. The third-order valence-electron chi connectivity index (χ3n) is 5.68. The first-order valence-corrected chi connectivity index (χ1v) is 12.0. The number of pyridine rings is 1. The van der Waals surface area contributed by atoms with Crippen molar-refractivity contribution in [3.63, 3.8) is 0 Å². The number of benzene rings is 2. The Morgan fingerprint density at radius 2 is 1.89 bits per heavy atom. The first kappa shape index (κ1) is 23.0. The molecule has 176 valence electrons. The Hall–Kier alpha value is -3.78. The van der Waals surface area contributed by atoms with E-state index >= 15 is 0 Å². The topological polar surface area (TPSA) is 68.3 Å². The van der Waals surface area contributed by atoms with E-state index in [4.69, 9.17) is 4.74 Å². The zero-order chi connectivity index (χ0) is 24.4. The number of carbonyl (C=O) groups is 2. The van der Waals surface area contributed by atoms with Gasteiger partial charge in [-0.3, -0.25) is 9.59 Å². The Labute approximate surface area is 204 Å². The molecule has 0 atom stereocenters. The van der Waals surface area contributed by atoms with Crippen molar-refractivity contribution in [2.24, 2.45) is 0 Å². The predicted octanol–water partition coefficient (Wildman–Crippen LogP) is 5.76. The van der Waals surface area contributed by atoms with Gasteiger partial charge in [0.15, 0.2) is 23.1 Å². The van der Waals surface area contributed by atoms with Crippen LogP contribution in [0, 0.1) is 11.6 Å². The van der Waals surface area contributed by atoms with Crippen LogP contribution in [0.4, 0.5) is 14.6 Å². The molecule has 3 aromatic rings. The number of allylic oxidation sites excluding steroid dienone is 4. The summed E-state index contributed by atoms with van der Waals surface area (Å²) in [6, 6.07) is 11.6. The van der Waals surface area contributed by atoms with E-state index in [1.807, 2.05) is 0 Å². The molecule has 1 aliphatic carbocycles. The first-order chi connectivity index (χ1) is 17.0. The highest BCUT2D eigenvalue weighted by Gasteiger charge is 2.25. The van der Waals surface area contributed by atoms with Gasteiger partial charge in [0, 0.05) is 36.6 Å². The lowest BCUT2D eigenvalue weighted by atomic mass is 9.88. The van der Waals surface area contributed by atoms with Crippen LogP contribution < -0.4 is 10.1 Å². The minimum absolute atomic E-state index is 0.0373. The summed E-state index contributed by atoms with van der Waals surface area (Å²) >= 11 is 1.59. The van der Waals surface area contributed by atoms with E-state index in [0.29, 0.717) is 34.7 Å². The van der Waals surface area contributed by atoms with Gasteiger partial charge < -0.3 is 10.1 Å². The van der Waals surface area contributed by atoms with Gasteiger partial charge in [0.2, 0.25) is 0 Å². The molecule has 1 aromatic heterocycles. The molecule has 5 nitrogen and oxygen atoms in total. The highest BCUT2D eigenvalue weighted by Crippen LogP contribution is 2.39. The van der Waals surface area contributed by atoms with Gasteiger partial charge in [0.25, 0.3) is 0 Å². The van der Waals surface area contributed by atoms with Crippen molar-refractivity contribution >= 4 is 34.7 Å². The molecule has 1 aliphatic heterocycles. The van der Waals surface area contributed by atoms with Crippen LogP contribution in [0.15, 0.2) is 77.3 Å². The van der Waals surface area contributed by atoms with Crippen molar-refractivity contribution < 1.29 is 23.1 Å². The van der Waals surface area contributed by atoms with Crippen molar-refractivity contribution in [1.29, 1.82) is 0 Å². The number of halogens is 2. The zero-order valence-corrected chi connectivity index (χ0v) is 19.3. The van der Waals surface area contributed by atoms with Crippen LogP contribution >= 0.6 is 11.8 Å². The van der Waals surface area contributed by atoms with Gasteiger partial charge >= 0.3 is 0 Å². The monoisotopic (exact) mass is 490 g/mol. The smallest absolute Gasteiger partial charge is 0.196 e. The Morgan fingerprint density at radius 1 is 1.06 bits per heavy atom. The van der Waals surface area contributed by atoms with Gasteiger partial charge in [-0.1, -0.05) is 30.4 Å². The van der Waals surface area contributed by atoms with Crippen LogP contribution in [0.25, 0.3) is 5.57 Å². The quantitative estimate of drug-likeness (QED) is 0.443. The van der Waals surface area contributed by atoms with Crippen molar-refractivity contribution in [1.82, 2.24) is 4.98 Å². The maximum atomic E-state index is 14.9. The fourth-order valence-corrected chi connectivity index (χ4v) is 4.90. The van der Waals surface area contributed by atoms with Crippen LogP contribution in [0.2, 0.25) is 0 Å². The molecule has 0 radical (unpaired) electrons. The van der Waals surface area contributed by atoms with E-state index in [0.717, 1.165) is 17.2 Å². The maximum absolute atomic E-state index is 14.9. The summed E-state index contributed by atoms with van der Waals surface area (Å²) in [6.45, 7) is 0.797. The number of anilines is 1. The van der Waals surface area contributed by atoms with Crippen LogP contribution in [-0.4, -0.2) is 28.8 Å². The van der Waals surface area contributed by atoms with Crippen molar-refractivity contribution in [3.8, 4) is 11.5 Å². The molecule has 0 saturated heterocycles. The summed E-state index contributed by atoms with van der Waals surface area (Å²) in [5, 5.41) is 3.19. The van der Waals surface area contributed by atoms with Gasteiger partial charge in [-0.15, -0.1) is 11.8 Å². The van der Waals surface area contributed by atoms with Crippen LogP contribution in [0.3, 0.4) is 0 Å². The van der Waals surface area contributed by atoms with Crippen LogP contribution in [-0.2, 0) is 16.0 Å². The molecule has 35 heavy (non-hydrogen) atoms. The molecule has 0 unspecified atom stereocenters. The van der Waals surface area contributed by atoms with Crippen LogP contribution in [0.1, 0.15) is 17.5 Å². The van der Waals surface area contributed by atoms with Crippen molar-refractivity contribution in [2.75, 3.05) is 17.6 Å². The molecule has 1 N–H and O–H groups in total. The number of fused-ring (bicyclic) bond motifs is 1. The number of aromatic nitrogens is 1. The highest BCUT2D eigenvalue weighted by atomic mass is 32.2. The molecular weight excluding hydrogens is 470 g/mol. The molecule has 2 aromatic carbocycles. The number of thioether (sulfide) groups is 1. The molecular formula is C27H20F2N2O3S. The Kier molecular flexibility index (Phi) is 6.46. The first-order valence-electron chi connectivity index (χ1n) is 11.1. The predicted molar refractivity (Wildman–Crippen MR) is 131 cm³/mol. The largest absolute Gasteiger partial charge is 0.453 e. The summed E-state index contributed by atoms with van der Waals surface area (Å²) in [6.07, 6.45) is 5.16. The number of ketones is 2. The number of ether oxygens (including phenoxy) is 1. The second kappa shape index (κ2) is 9.84. The van der Waals surface area contributed by atoms with Crippen LogP contribution in [0.5, 0.6) is 11.5 Å². The second-order valence-electron chi connectivity index (χ2n) is 8.04. The fraction of sp³-hybridized carbons (Fsp3) is 0.148. The molecule has 2 aliphatic rings. The van der Waals surface area contributed by atoms with Gasteiger partial charge in [0.1, 0.15) is 17.4 Å². The Bertz CT molecular complexity index is 1380. The summed E-state index contributed by atoms with van der Waals surface area (Å²) in [5.74, 6) is 0.279. The van der Waals surface area contributed by atoms with Gasteiger partial charge in [-0.05, 0) is 41.8 Å². The lowest BCUT2D eigenvalue weighted by molar-refractivity contribution is -0.118. The number of hydrogen-bond donors (Lipinski definition) is 1. The van der Waals surface area contributed by atoms with E-state index in [9.17, 15) is 18.4 Å². The molecule has 0 saturated carbocycles. The third-order valence-corrected chi connectivity index (χ3v) is 6.77.